The van der Waals surface area contributed by atoms with Gasteiger partial charge in [0, 0.05) is 11.3 Å². The van der Waals surface area contributed by atoms with E-state index in [0.717, 1.165) is 10.4 Å². The fourth-order valence-electron chi connectivity index (χ4n) is 2.42. The third-order valence-electron chi connectivity index (χ3n) is 3.89. The third-order valence-corrected chi connectivity index (χ3v) is 5.24. The summed E-state index contributed by atoms with van der Waals surface area (Å²) in [4.78, 5) is 37.1. The number of carbonyl (C=O) groups excluding carboxylic acids is 3. The van der Waals surface area contributed by atoms with Crippen LogP contribution < -0.4 is 5.32 Å². The van der Waals surface area contributed by atoms with E-state index in [-0.39, 0.29) is 18.9 Å². The van der Waals surface area contributed by atoms with Gasteiger partial charge in [-0.1, -0.05) is 44.2 Å². The molecule has 7 heteroatoms. The first-order chi connectivity index (χ1) is 13.4. The minimum absolute atomic E-state index is 0.196. The molecule has 2 aromatic rings. The monoisotopic (exact) mass is 403 g/mol. The Morgan fingerprint density at radius 3 is 2.46 bits per heavy atom. The quantitative estimate of drug-likeness (QED) is 0.636. The van der Waals surface area contributed by atoms with Gasteiger partial charge in [0.05, 0.1) is 12.2 Å². The second kappa shape index (κ2) is 10.6. The van der Waals surface area contributed by atoms with Crippen LogP contribution in [-0.2, 0) is 25.5 Å². The Hall–Kier alpha value is -2.67. The summed E-state index contributed by atoms with van der Waals surface area (Å²) in [7, 11) is 0. The van der Waals surface area contributed by atoms with Gasteiger partial charge in [0.2, 0.25) is 0 Å². The lowest BCUT2D eigenvalue weighted by atomic mass is 10.1. The number of anilines is 1. The molecule has 1 N–H and O–H groups in total. The Morgan fingerprint density at radius 1 is 1.11 bits per heavy atom. The number of hydrogen-bond acceptors (Lipinski definition) is 6. The third kappa shape index (κ3) is 6.49. The maximum atomic E-state index is 12.2. The zero-order chi connectivity index (χ0) is 20.5. The lowest BCUT2D eigenvalue weighted by Gasteiger charge is -2.07. The van der Waals surface area contributed by atoms with Crippen molar-refractivity contribution >= 4 is 34.2 Å². The van der Waals surface area contributed by atoms with Crippen LogP contribution in [0.5, 0.6) is 0 Å². The fourth-order valence-corrected chi connectivity index (χ4v) is 3.49. The van der Waals surface area contributed by atoms with E-state index in [2.05, 4.69) is 5.32 Å². The number of carbonyl (C=O) groups is 3. The summed E-state index contributed by atoms with van der Waals surface area (Å²) >= 11 is 1.32. The zero-order valence-corrected chi connectivity index (χ0v) is 17.1. The second-order valence-corrected chi connectivity index (χ2v) is 7.54. The molecule has 0 saturated carbocycles. The van der Waals surface area contributed by atoms with Crippen LogP contribution >= 0.6 is 11.3 Å². The van der Waals surface area contributed by atoms with Crippen molar-refractivity contribution < 1.29 is 23.9 Å². The lowest BCUT2D eigenvalue weighted by Crippen LogP contribution is -2.21. The molecule has 1 heterocycles. The first-order valence-corrected chi connectivity index (χ1v) is 10.0. The van der Waals surface area contributed by atoms with E-state index in [4.69, 9.17) is 9.47 Å². The van der Waals surface area contributed by atoms with E-state index in [1.807, 2.05) is 44.2 Å². The Kier molecular flexibility index (Phi) is 8.19. The van der Waals surface area contributed by atoms with Gasteiger partial charge in [-0.15, -0.1) is 11.3 Å². The van der Waals surface area contributed by atoms with E-state index >= 15 is 0 Å². The molecule has 0 unspecified atom stereocenters. The number of nitrogens with one attached hydrogen (secondary N) is 1. The Labute approximate surface area is 168 Å². The number of amides is 1. The van der Waals surface area contributed by atoms with Crippen LogP contribution in [-0.4, -0.2) is 31.1 Å². The maximum absolute atomic E-state index is 12.2. The second-order valence-electron chi connectivity index (χ2n) is 6.46. The molecular formula is C21H25NO5S. The predicted octanol–water partition coefficient (Wildman–Crippen LogP) is 4.16. The number of benzene rings is 1. The number of esters is 2. The van der Waals surface area contributed by atoms with Crippen LogP contribution in [0.4, 0.5) is 5.00 Å². The van der Waals surface area contributed by atoms with E-state index < -0.39 is 24.5 Å². The Balaban J connectivity index is 1.89. The molecule has 0 aliphatic carbocycles. The molecule has 0 spiro atoms. The van der Waals surface area contributed by atoms with Crippen molar-refractivity contribution in [3.8, 4) is 0 Å². The van der Waals surface area contributed by atoms with Gasteiger partial charge < -0.3 is 14.8 Å². The number of hydrogen-bond donors (Lipinski definition) is 1. The van der Waals surface area contributed by atoms with Crippen LogP contribution in [0.3, 0.4) is 0 Å². The molecule has 0 atom stereocenters. The normalized spacial score (nSPS) is 10.6. The first kappa shape index (κ1) is 21.6. The van der Waals surface area contributed by atoms with Crippen molar-refractivity contribution in [3.05, 3.63) is 52.4 Å². The highest BCUT2D eigenvalue weighted by atomic mass is 32.1. The molecule has 1 aromatic heterocycles. The molecule has 2 rings (SSSR count). The molecular weight excluding hydrogens is 378 g/mol. The zero-order valence-electron chi connectivity index (χ0n) is 16.3. The van der Waals surface area contributed by atoms with Crippen molar-refractivity contribution in [1.29, 1.82) is 0 Å². The van der Waals surface area contributed by atoms with Gasteiger partial charge in [0.1, 0.15) is 5.00 Å². The van der Waals surface area contributed by atoms with E-state index in [1.165, 1.54) is 11.3 Å². The molecule has 6 nitrogen and oxygen atoms in total. The molecule has 0 aliphatic heterocycles. The number of ether oxygens (including phenoxy) is 2. The Morgan fingerprint density at radius 2 is 1.82 bits per heavy atom. The summed E-state index contributed by atoms with van der Waals surface area (Å²) in [5.74, 6) is -1.21. The highest BCUT2D eigenvalue weighted by Crippen LogP contribution is 2.33. The summed E-state index contributed by atoms with van der Waals surface area (Å²) in [6.45, 7) is 5.57. The van der Waals surface area contributed by atoms with E-state index in [9.17, 15) is 14.4 Å². The van der Waals surface area contributed by atoms with Gasteiger partial charge in [-0.2, -0.15) is 0 Å². The Bertz CT molecular complexity index is 813. The van der Waals surface area contributed by atoms with Gasteiger partial charge in [0.15, 0.2) is 6.61 Å². The van der Waals surface area contributed by atoms with Crippen LogP contribution in [0.15, 0.2) is 36.4 Å². The van der Waals surface area contributed by atoms with Crippen LogP contribution in [0.1, 0.15) is 53.9 Å². The largest absolute Gasteiger partial charge is 0.462 e. The summed E-state index contributed by atoms with van der Waals surface area (Å²) in [6, 6.07) is 11.3. The number of aryl methyl sites for hydroxylation is 1. The van der Waals surface area contributed by atoms with Gasteiger partial charge in [-0.3, -0.25) is 9.59 Å². The summed E-state index contributed by atoms with van der Waals surface area (Å²) < 4.78 is 10.1. The van der Waals surface area contributed by atoms with Crippen molar-refractivity contribution in [2.75, 3.05) is 18.5 Å². The average molecular weight is 404 g/mol. The molecule has 0 bridgehead atoms. The molecule has 0 fully saturated rings. The number of thiophene rings is 1. The van der Waals surface area contributed by atoms with Gasteiger partial charge in [-0.05, 0) is 30.9 Å². The van der Waals surface area contributed by atoms with Gasteiger partial charge >= 0.3 is 11.9 Å². The van der Waals surface area contributed by atoms with Crippen LogP contribution in [0.2, 0.25) is 0 Å². The summed E-state index contributed by atoms with van der Waals surface area (Å²) in [5.41, 5.74) is 1.35. The van der Waals surface area contributed by atoms with Crippen molar-refractivity contribution in [3.63, 3.8) is 0 Å². The molecule has 0 saturated heterocycles. The SMILES string of the molecule is CCOC(=O)c1cc(C(C)C)sc1NC(=O)COC(=O)CCc1ccccc1. The smallest absolute Gasteiger partial charge is 0.341 e. The van der Waals surface area contributed by atoms with Gasteiger partial charge in [-0.25, -0.2) is 4.79 Å². The van der Waals surface area contributed by atoms with Crippen molar-refractivity contribution in [2.24, 2.45) is 0 Å². The van der Waals surface area contributed by atoms with Gasteiger partial charge in [0.25, 0.3) is 5.91 Å². The average Bonchev–Trinajstić information content (AvgIpc) is 3.10. The van der Waals surface area contributed by atoms with E-state index in [1.54, 1.807) is 13.0 Å². The molecule has 1 amide bonds. The van der Waals surface area contributed by atoms with Crippen LogP contribution in [0, 0.1) is 0 Å². The first-order valence-electron chi connectivity index (χ1n) is 9.21. The molecule has 0 radical (unpaired) electrons. The lowest BCUT2D eigenvalue weighted by molar-refractivity contribution is -0.147. The summed E-state index contributed by atoms with van der Waals surface area (Å²) in [5, 5.41) is 3.07. The molecule has 150 valence electrons. The van der Waals surface area contributed by atoms with E-state index in [0.29, 0.717) is 17.0 Å². The fraction of sp³-hybridized carbons (Fsp3) is 0.381. The summed E-state index contributed by atoms with van der Waals surface area (Å²) in [6.07, 6.45) is 0.749. The highest BCUT2D eigenvalue weighted by molar-refractivity contribution is 7.16. The minimum Gasteiger partial charge on any atom is -0.462 e. The standard InChI is InChI=1S/C21H25NO5S/c1-4-26-21(25)16-12-17(14(2)3)28-20(16)22-18(23)13-27-19(24)11-10-15-8-6-5-7-9-15/h5-9,12,14H,4,10-11,13H2,1-3H3,(H,22,23). The van der Waals surface area contributed by atoms with Crippen molar-refractivity contribution in [1.82, 2.24) is 0 Å². The maximum Gasteiger partial charge on any atom is 0.341 e. The predicted molar refractivity (Wildman–Crippen MR) is 109 cm³/mol. The molecule has 1 aromatic carbocycles. The van der Waals surface area contributed by atoms with Crippen LogP contribution in [0.25, 0.3) is 0 Å². The molecule has 0 aliphatic rings. The molecule has 28 heavy (non-hydrogen) atoms. The topological polar surface area (TPSA) is 81.7 Å². The van der Waals surface area contributed by atoms with Crippen molar-refractivity contribution in [2.45, 2.75) is 39.5 Å². The highest BCUT2D eigenvalue weighted by Gasteiger charge is 2.20. The number of rotatable bonds is 9. The minimum atomic E-state index is -0.490.